The lowest BCUT2D eigenvalue weighted by Crippen LogP contribution is -2.38. The first-order valence-electron chi connectivity index (χ1n) is 4.92. The van der Waals surface area contributed by atoms with E-state index in [0.29, 0.717) is 5.02 Å². The van der Waals surface area contributed by atoms with Gasteiger partial charge in [0.15, 0.2) is 0 Å². The van der Waals surface area contributed by atoms with Gasteiger partial charge in [-0.3, -0.25) is 14.9 Å². The average molecular weight is 258 g/mol. The summed E-state index contributed by atoms with van der Waals surface area (Å²) in [5.41, 5.74) is 0.728. The smallest absolute Gasteiger partial charge is 0.321 e. The summed E-state index contributed by atoms with van der Waals surface area (Å²) in [4.78, 5) is 21.2. The average Bonchev–Trinajstić information content (AvgIpc) is 2.25. The molecule has 1 unspecified atom stereocenters. The van der Waals surface area contributed by atoms with Gasteiger partial charge in [-0.15, -0.1) is 0 Å². The molecule has 0 radical (unpaired) electrons. The lowest BCUT2D eigenvalue weighted by molar-refractivity contribution is -0.146. The van der Waals surface area contributed by atoms with Crippen LogP contribution in [0.25, 0.3) is 0 Å². The van der Waals surface area contributed by atoms with Crippen LogP contribution in [-0.2, 0) is 16.1 Å². The Morgan fingerprint density at radius 1 is 1.29 bits per heavy atom. The van der Waals surface area contributed by atoms with Crippen molar-refractivity contribution in [1.82, 2.24) is 5.32 Å². The summed E-state index contributed by atoms with van der Waals surface area (Å²) in [5.74, 6) is -2.36. The van der Waals surface area contributed by atoms with Crippen molar-refractivity contribution in [1.29, 1.82) is 0 Å². The Balaban J connectivity index is 2.61. The fourth-order valence-electron chi connectivity index (χ4n) is 1.30. The normalized spacial score (nSPS) is 12.1. The summed E-state index contributed by atoms with van der Waals surface area (Å²) in [5, 5.41) is 20.5. The van der Waals surface area contributed by atoms with Crippen LogP contribution < -0.4 is 5.32 Å². The molecule has 0 aliphatic carbocycles. The molecule has 5 nitrogen and oxygen atoms in total. The third-order valence-electron chi connectivity index (χ3n) is 2.17. The number of aliphatic carboxylic acids is 2. The van der Waals surface area contributed by atoms with Gasteiger partial charge in [-0.25, -0.2) is 0 Å². The highest BCUT2D eigenvalue weighted by molar-refractivity contribution is 6.31. The molecule has 1 rings (SSSR count). The van der Waals surface area contributed by atoms with E-state index >= 15 is 0 Å². The highest BCUT2D eigenvalue weighted by Gasteiger charge is 2.20. The van der Waals surface area contributed by atoms with Gasteiger partial charge in [0.25, 0.3) is 0 Å². The summed E-state index contributed by atoms with van der Waals surface area (Å²) >= 11 is 5.89. The van der Waals surface area contributed by atoms with Gasteiger partial charge in [0, 0.05) is 11.6 Å². The maximum absolute atomic E-state index is 10.8. The Morgan fingerprint density at radius 2 is 1.94 bits per heavy atom. The number of nitrogens with one attached hydrogen (secondary N) is 1. The van der Waals surface area contributed by atoms with Gasteiger partial charge in [0.05, 0.1) is 6.42 Å². The SMILES string of the molecule is O=C(O)CC(NCc1ccccc1Cl)C(=O)O. The Kier molecular flexibility index (Phi) is 4.93. The van der Waals surface area contributed by atoms with Crippen molar-refractivity contribution in [3.8, 4) is 0 Å². The predicted molar refractivity (Wildman–Crippen MR) is 62.0 cm³/mol. The minimum absolute atomic E-state index is 0.212. The summed E-state index contributed by atoms with van der Waals surface area (Å²) in [7, 11) is 0. The molecule has 6 heteroatoms. The number of rotatable bonds is 6. The monoisotopic (exact) mass is 257 g/mol. The molecule has 0 aromatic heterocycles. The Morgan fingerprint density at radius 3 is 2.47 bits per heavy atom. The number of benzene rings is 1. The van der Waals surface area contributed by atoms with Crippen molar-refractivity contribution in [2.24, 2.45) is 0 Å². The molecule has 0 saturated heterocycles. The van der Waals surface area contributed by atoms with E-state index in [0.717, 1.165) is 5.56 Å². The van der Waals surface area contributed by atoms with Crippen molar-refractivity contribution < 1.29 is 19.8 Å². The van der Waals surface area contributed by atoms with E-state index in [9.17, 15) is 9.59 Å². The fourth-order valence-corrected chi connectivity index (χ4v) is 1.50. The van der Waals surface area contributed by atoms with Crippen LogP contribution in [0, 0.1) is 0 Å². The number of hydrogen-bond donors (Lipinski definition) is 3. The van der Waals surface area contributed by atoms with E-state index in [-0.39, 0.29) is 6.54 Å². The van der Waals surface area contributed by atoms with Crippen LogP contribution in [0.1, 0.15) is 12.0 Å². The van der Waals surface area contributed by atoms with E-state index in [1.165, 1.54) is 0 Å². The zero-order valence-corrected chi connectivity index (χ0v) is 9.65. The molecule has 0 bridgehead atoms. The molecule has 0 spiro atoms. The third-order valence-corrected chi connectivity index (χ3v) is 2.54. The van der Waals surface area contributed by atoms with Crippen LogP contribution in [0.2, 0.25) is 5.02 Å². The third kappa shape index (κ3) is 4.42. The van der Waals surface area contributed by atoms with E-state index in [1.807, 2.05) is 0 Å². The molecule has 1 aromatic rings. The van der Waals surface area contributed by atoms with Crippen molar-refractivity contribution in [2.75, 3.05) is 0 Å². The van der Waals surface area contributed by atoms with Crippen LogP contribution in [0.15, 0.2) is 24.3 Å². The Labute approximate surface area is 103 Å². The zero-order chi connectivity index (χ0) is 12.8. The first kappa shape index (κ1) is 13.5. The quantitative estimate of drug-likeness (QED) is 0.716. The van der Waals surface area contributed by atoms with Gasteiger partial charge in [0.2, 0.25) is 0 Å². The maximum Gasteiger partial charge on any atom is 0.321 e. The second-order valence-electron chi connectivity index (χ2n) is 3.46. The molecule has 1 atom stereocenters. The van der Waals surface area contributed by atoms with Gasteiger partial charge < -0.3 is 10.2 Å². The molecule has 1 aromatic carbocycles. The Hall–Kier alpha value is -1.59. The standard InChI is InChI=1S/C11H12ClNO4/c12-8-4-2-1-3-7(8)6-13-9(11(16)17)5-10(14)15/h1-4,9,13H,5-6H2,(H,14,15)(H,16,17). The number of carboxylic acids is 2. The van der Waals surface area contributed by atoms with Crippen molar-refractivity contribution >= 4 is 23.5 Å². The van der Waals surface area contributed by atoms with Crippen LogP contribution in [0.5, 0.6) is 0 Å². The van der Waals surface area contributed by atoms with Gasteiger partial charge in [-0.1, -0.05) is 29.8 Å². The zero-order valence-electron chi connectivity index (χ0n) is 8.89. The van der Waals surface area contributed by atoms with E-state index in [4.69, 9.17) is 21.8 Å². The van der Waals surface area contributed by atoms with E-state index in [2.05, 4.69) is 5.32 Å². The lowest BCUT2D eigenvalue weighted by Gasteiger charge is -2.12. The van der Waals surface area contributed by atoms with E-state index in [1.54, 1.807) is 24.3 Å². The van der Waals surface area contributed by atoms with Crippen LogP contribution in [0.3, 0.4) is 0 Å². The van der Waals surface area contributed by atoms with Crippen LogP contribution in [-0.4, -0.2) is 28.2 Å². The van der Waals surface area contributed by atoms with Crippen molar-refractivity contribution in [2.45, 2.75) is 19.0 Å². The van der Waals surface area contributed by atoms with E-state index < -0.39 is 24.4 Å². The second-order valence-corrected chi connectivity index (χ2v) is 3.87. The summed E-state index contributed by atoms with van der Waals surface area (Å²) in [6.07, 6.45) is -0.472. The van der Waals surface area contributed by atoms with Crippen molar-refractivity contribution in [3.63, 3.8) is 0 Å². The molecular formula is C11H12ClNO4. The minimum Gasteiger partial charge on any atom is -0.481 e. The lowest BCUT2D eigenvalue weighted by atomic mass is 10.1. The predicted octanol–water partition coefficient (Wildman–Crippen LogP) is 1.36. The highest BCUT2D eigenvalue weighted by atomic mass is 35.5. The van der Waals surface area contributed by atoms with Crippen LogP contribution in [0.4, 0.5) is 0 Å². The second kappa shape index (κ2) is 6.22. The highest BCUT2D eigenvalue weighted by Crippen LogP contribution is 2.14. The van der Waals surface area contributed by atoms with Gasteiger partial charge in [-0.2, -0.15) is 0 Å². The van der Waals surface area contributed by atoms with Crippen LogP contribution >= 0.6 is 11.6 Å². The topological polar surface area (TPSA) is 86.6 Å². The fraction of sp³-hybridized carbons (Fsp3) is 0.273. The molecule has 3 N–H and O–H groups in total. The number of hydrogen-bond acceptors (Lipinski definition) is 3. The molecule has 92 valence electrons. The summed E-state index contributed by atoms with van der Waals surface area (Å²) in [6.45, 7) is 0.212. The molecule has 0 aliphatic heterocycles. The summed E-state index contributed by atoms with van der Waals surface area (Å²) in [6, 6.07) is 5.84. The molecule has 0 fully saturated rings. The molecule has 0 amide bonds. The number of carbonyl (C=O) groups is 2. The largest absolute Gasteiger partial charge is 0.481 e. The van der Waals surface area contributed by atoms with Crippen molar-refractivity contribution in [3.05, 3.63) is 34.9 Å². The number of carboxylic acid groups (broad SMARTS) is 2. The molecule has 0 saturated carbocycles. The van der Waals surface area contributed by atoms with Gasteiger partial charge in [0.1, 0.15) is 6.04 Å². The first-order chi connectivity index (χ1) is 8.00. The first-order valence-corrected chi connectivity index (χ1v) is 5.30. The minimum atomic E-state index is -1.19. The molecule has 0 aliphatic rings. The van der Waals surface area contributed by atoms with Gasteiger partial charge >= 0.3 is 11.9 Å². The Bertz CT molecular complexity index is 422. The molecular weight excluding hydrogens is 246 g/mol. The molecule has 0 heterocycles. The van der Waals surface area contributed by atoms with Gasteiger partial charge in [-0.05, 0) is 11.6 Å². The number of halogens is 1. The summed E-state index contributed by atoms with van der Waals surface area (Å²) < 4.78 is 0. The molecule has 17 heavy (non-hydrogen) atoms. The maximum atomic E-state index is 10.8.